The Hall–Kier alpha value is -2.37. The summed E-state index contributed by atoms with van der Waals surface area (Å²) < 4.78 is 12.3. The number of hydrogen-bond donors (Lipinski definition) is 1. The summed E-state index contributed by atoms with van der Waals surface area (Å²) in [5.41, 5.74) is 1.28. The highest BCUT2D eigenvalue weighted by molar-refractivity contribution is 5.72. The Kier molecular flexibility index (Phi) is 6.16. The van der Waals surface area contributed by atoms with E-state index in [1.807, 2.05) is 36.4 Å². The van der Waals surface area contributed by atoms with Crippen LogP contribution in [0.1, 0.15) is 38.2 Å². The standard InChI is InChI=1S/C24H30N2O3/c1-19(27)25-17-23-10-11-24(29-23)12-14-26(15-13-24)18-20-6-5-9-22(16-20)28-21-7-3-2-4-8-21/h2-9,16,23H,10-15,17-18H2,1H3,(H,25,27)/t23-/m1/s1. The lowest BCUT2D eigenvalue weighted by molar-refractivity contribution is -0.120. The maximum absolute atomic E-state index is 11.1. The summed E-state index contributed by atoms with van der Waals surface area (Å²) in [6.45, 7) is 5.20. The monoisotopic (exact) mass is 394 g/mol. The molecule has 0 radical (unpaired) electrons. The highest BCUT2D eigenvalue weighted by atomic mass is 16.5. The van der Waals surface area contributed by atoms with Crippen molar-refractivity contribution in [1.82, 2.24) is 10.2 Å². The first kappa shape index (κ1) is 19.9. The Balaban J connectivity index is 1.28. The van der Waals surface area contributed by atoms with E-state index in [0.717, 1.165) is 56.8 Å². The van der Waals surface area contributed by atoms with Crippen LogP contribution in [-0.4, -0.2) is 42.1 Å². The van der Waals surface area contributed by atoms with Gasteiger partial charge in [0.15, 0.2) is 0 Å². The molecule has 2 fully saturated rings. The smallest absolute Gasteiger partial charge is 0.216 e. The maximum atomic E-state index is 11.1. The Morgan fingerprint density at radius 1 is 1.10 bits per heavy atom. The summed E-state index contributed by atoms with van der Waals surface area (Å²) in [5.74, 6) is 1.75. The highest BCUT2D eigenvalue weighted by Crippen LogP contribution is 2.39. The van der Waals surface area contributed by atoms with E-state index in [0.29, 0.717) is 6.54 Å². The number of likely N-dealkylation sites (tertiary alicyclic amines) is 1. The molecule has 154 valence electrons. The average Bonchev–Trinajstić information content (AvgIpc) is 3.12. The molecule has 4 rings (SSSR count). The van der Waals surface area contributed by atoms with Gasteiger partial charge in [-0.15, -0.1) is 0 Å². The number of nitrogens with zero attached hydrogens (tertiary/aromatic N) is 1. The lowest BCUT2D eigenvalue weighted by Gasteiger charge is -2.39. The SMILES string of the molecule is CC(=O)NC[C@H]1CCC2(CCN(Cc3cccc(Oc4ccccc4)c3)CC2)O1. The molecule has 2 heterocycles. The minimum atomic E-state index is 0.0118. The minimum absolute atomic E-state index is 0.0118. The second-order valence-electron chi connectivity index (χ2n) is 8.24. The van der Waals surface area contributed by atoms with Gasteiger partial charge in [0.2, 0.25) is 5.91 Å². The van der Waals surface area contributed by atoms with E-state index in [2.05, 4.69) is 28.4 Å². The zero-order chi connectivity index (χ0) is 20.1. The normalized spacial score (nSPS) is 21.2. The third kappa shape index (κ3) is 5.37. The van der Waals surface area contributed by atoms with Crippen LogP contribution in [0.4, 0.5) is 0 Å². The molecule has 0 aromatic heterocycles. The summed E-state index contributed by atoms with van der Waals surface area (Å²) in [7, 11) is 0. The Labute approximate surface area is 173 Å². The van der Waals surface area contributed by atoms with Crippen LogP contribution in [0.15, 0.2) is 54.6 Å². The fourth-order valence-corrected chi connectivity index (χ4v) is 4.37. The number of piperidine rings is 1. The number of hydrogen-bond acceptors (Lipinski definition) is 4. The van der Waals surface area contributed by atoms with Crippen LogP contribution in [0, 0.1) is 0 Å². The molecular formula is C24H30N2O3. The van der Waals surface area contributed by atoms with Crippen LogP contribution in [-0.2, 0) is 16.1 Å². The summed E-state index contributed by atoms with van der Waals surface area (Å²) in [4.78, 5) is 13.6. The Morgan fingerprint density at radius 2 is 1.86 bits per heavy atom. The van der Waals surface area contributed by atoms with Gasteiger partial charge in [0, 0.05) is 33.1 Å². The number of ether oxygens (including phenoxy) is 2. The summed E-state index contributed by atoms with van der Waals surface area (Å²) in [5, 5.41) is 2.89. The van der Waals surface area contributed by atoms with E-state index in [1.54, 1.807) is 6.92 Å². The van der Waals surface area contributed by atoms with Crippen molar-refractivity contribution < 1.29 is 14.3 Å². The first-order valence-corrected chi connectivity index (χ1v) is 10.6. The molecule has 1 spiro atoms. The van der Waals surface area contributed by atoms with Crippen molar-refractivity contribution in [3.63, 3.8) is 0 Å². The molecule has 5 heteroatoms. The lowest BCUT2D eigenvalue weighted by Crippen LogP contribution is -2.44. The van der Waals surface area contributed by atoms with Gasteiger partial charge in [0.05, 0.1) is 11.7 Å². The molecule has 2 aliphatic heterocycles. The number of nitrogens with one attached hydrogen (secondary N) is 1. The third-order valence-electron chi connectivity index (χ3n) is 5.97. The largest absolute Gasteiger partial charge is 0.457 e. The van der Waals surface area contributed by atoms with E-state index in [4.69, 9.17) is 9.47 Å². The van der Waals surface area contributed by atoms with Gasteiger partial charge in [-0.2, -0.15) is 0 Å². The van der Waals surface area contributed by atoms with Gasteiger partial charge in [-0.1, -0.05) is 30.3 Å². The van der Waals surface area contributed by atoms with Gasteiger partial charge in [0.1, 0.15) is 11.5 Å². The zero-order valence-corrected chi connectivity index (χ0v) is 17.1. The number of rotatable bonds is 6. The number of carbonyl (C=O) groups excluding carboxylic acids is 1. The van der Waals surface area contributed by atoms with E-state index in [1.165, 1.54) is 5.56 Å². The van der Waals surface area contributed by atoms with Crippen LogP contribution in [0.5, 0.6) is 11.5 Å². The maximum Gasteiger partial charge on any atom is 0.216 e. The number of carbonyl (C=O) groups is 1. The molecule has 2 aromatic rings. The van der Waals surface area contributed by atoms with Crippen molar-refractivity contribution in [3.05, 3.63) is 60.2 Å². The molecule has 2 saturated heterocycles. The predicted octanol–water partition coefficient (Wildman–Crippen LogP) is 4.13. The second kappa shape index (κ2) is 8.97. The molecule has 1 N–H and O–H groups in total. The molecular weight excluding hydrogens is 364 g/mol. The minimum Gasteiger partial charge on any atom is -0.457 e. The molecule has 0 saturated carbocycles. The number of para-hydroxylation sites is 1. The third-order valence-corrected chi connectivity index (χ3v) is 5.97. The molecule has 0 unspecified atom stereocenters. The van der Waals surface area contributed by atoms with Gasteiger partial charge in [-0.3, -0.25) is 9.69 Å². The average molecular weight is 395 g/mol. The number of benzene rings is 2. The summed E-state index contributed by atoms with van der Waals surface area (Å²) in [6, 6.07) is 18.3. The van der Waals surface area contributed by atoms with Crippen molar-refractivity contribution in [2.75, 3.05) is 19.6 Å². The van der Waals surface area contributed by atoms with E-state index < -0.39 is 0 Å². The number of amides is 1. The van der Waals surface area contributed by atoms with E-state index >= 15 is 0 Å². The molecule has 2 aromatic carbocycles. The summed E-state index contributed by atoms with van der Waals surface area (Å²) in [6.07, 6.45) is 4.43. The van der Waals surface area contributed by atoms with Gasteiger partial charge < -0.3 is 14.8 Å². The van der Waals surface area contributed by atoms with Crippen molar-refractivity contribution in [2.24, 2.45) is 0 Å². The molecule has 5 nitrogen and oxygen atoms in total. The molecule has 29 heavy (non-hydrogen) atoms. The molecule has 0 aliphatic carbocycles. The van der Waals surface area contributed by atoms with Crippen molar-refractivity contribution >= 4 is 5.91 Å². The van der Waals surface area contributed by atoms with E-state index in [-0.39, 0.29) is 17.6 Å². The van der Waals surface area contributed by atoms with Crippen molar-refractivity contribution in [1.29, 1.82) is 0 Å². The van der Waals surface area contributed by atoms with Crippen LogP contribution in [0.3, 0.4) is 0 Å². The van der Waals surface area contributed by atoms with Gasteiger partial charge in [0.25, 0.3) is 0 Å². The van der Waals surface area contributed by atoms with Gasteiger partial charge in [-0.05, 0) is 55.5 Å². The summed E-state index contributed by atoms with van der Waals surface area (Å²) >= 11 is 0. The quantitative estimate of drug-likeness (QED) is 0.800. The van der Waals surface area contributed by atoms with Gasteiger partial charge >= 0.3 is 0 Å². The first-order valence-electron chi connectivity index (χ1n) is 10.6. The second-order valence-corrected chi connectivity index (χ2v) is 8.24. The Morgan fingerprint density at radius 3 is 2.62 bits per heavy atom. The fourth-order valence-electron chi connectivity index (χ4n) is 4.37. The molecule has 2 aliphatic rings. The van der Waals surface area contributed by atoms with Crippen molar-refractivity contribution in [2.45, 2.75) is 50.9 Å². The molecule has 1 atom stereocenters. The lowest BCUT2D eigenvalue weighted by atomic mass is 9.88. The van der Waals surface area contributed by atoms with Crippen molar-refractivity contribution in [3.8, 4) is 11.5 Å². The van der Waals surface area contributed by atoms with Crippen LogP contribution >= 0.6 is 0 Å². The van der Waals surface area contributed by atoms with Crippen LogP contribution < -0.4 is 10.1 Å². The van der Waals surface area contributed by atoms with E-state index in [9.17, 15) is 4.79 Å². The van der Waals surface area contributed by atoms with Crippen LogP contribution in [0.2, 0.25) is 0 Å². The van der Waals surface area contributed by atoms with Gasteiger partial charge in [-0.25, -0.2) is 0 Å². The predicted molar refractivity (Wildman–Crippen MR) is 113 cm³/mol. The fraction of sp³-hybridized carbons (Fsp3) is 0.458. The topological polar surface area (TPSA) is 50.8 Å². The zero-order valence-electron chi connectivity index (χ0n) is 17.1. The van der Waals surface area contributed by atoms with Crippen LogP contribution in [0.25, 0.3) is 0 Å². The highest BCUT2D eigenvalue weighted by Gasteiger charge is 2.42. The molecule has 1 amide bonds. The molecule has 0 bridgehead atoms. The Bertz CT molecular complexity index is 816. The first-order chi connectivity index (χ1) is 14.1.